The van der Waals surface area contributed by atoms with Crippen molar-refractivity contribution in [3.05, 3.63) is 53.6 Å². The van der Waals surface area contributed by atoms with Crippen LogP contribution in [0.25, 0.3) is 0 Å². The Morgan fingerprint density at radius 3 is 2.48 bits per heavy atom. The van der Waals surface area contributed by atoms with Crippen LogP contribution in [0.15, 0.2) is 36.8 Å². The second-order valence-corrected chi connectivity index (χ2v) is 4.59. The number of hydrogen-bond donors (Lipinski definition) is 2. The molecule has 0 aliphatic heterocycles. The number of aryl methyl sites for hydroxylation is 2. The third-order valence-corrected chi connectivity index (χ3v) is 2.95. The van der Waals surface area contributed by atoms with E-state index < -0.39 is 5.91 Å². The van der Waals surface area contributed by atoms with E-state index in [1.165, 1.54) is 18.6 Å². The molecule has 0 atom stereocenters. The highest BCUT2D eigenvalue weighted by molar-refractivity contribution is 5.98. The fourth-order valence-corrected chi connectivity index (χ4v) is 1.86. The van der Waals surface area contributed by atoms with Gasteiger partial charge in [-0.3, -0.25) is 14.6 Å². The second-order valence-electron chi connectivity index (χ2n) is 4.59. The third-order valence-electron chi connectivity index (χ3n) is 2.95. The summed E-state index contributed by atoms with van der Waals surface area (Å²) in [7, 11) is 0. The van der Waals surface area contributed by atoms with Crippen molar-refractivity contribution in [3.8, 4) is 0 Å². The number of rotatable bonds is 4. The van der Waals surface area contributed by atoms with Gasteiger partial charge in [0.05, 0.1) is 12.7 Å². The van der Waals surface area contributed by atoms with Gasteiger partial charge in [-0.25, -0.2) is 4.98 Å². The number of carbonyl (C=O) groups is 2. The number of aromatic nitrogens is 2. The van der Waals surface area contributed by atoms with E-state index in [-0.39, 0.29) is 18.1 Å². The minimum Gasteiger partial charge on any atom is -0.342 e. The zero-order chi connectivity index (χ0) is 15.2. The zero-order valence-corrected chi connectivity index (χ0v) is 11.9. The Bertz CT molecular complexity index is 636. The van der Waals surface area contributed by atoms with E-state index >= 15 is 0 Å². The predicted molar refractivity (Wildman–Crippen MR) is 78.9 cm³/mol. The molecule has 6 nitrogen and oxygen atoms in total. The van der Waals surface area contributed by atoms with Crippen molar-refractivity contribution in [2.45, 2.75) is 13.8 Å². The number of nitrogens with one attached hydrogen (secondary N) is 2. The number of hydrogen-bond acceptors (Lipinski definition) is 4. The van der Waals surface area contributed by atoms with E-state index in [9.17, 15) is 9.59 Å². The summed E-state index contributed by atoms with van der Waals surface area (Å²) >= 11 is 0. The summed E-state index contributed by atoms with van der Waals surface area (Å²) in [5.41, 5.74) is 2.90. The number of para-hydroxylation sites is 1. The van der Waals surface area contributed by atoms with Gasteiger partial charge in [0.25, 0.3) is 5.91 Å². The monoisotopic (exact) mass is 284 g/mol. The molecule has 0 unspecified atom stereocenters. The maximum Gasteiger partial charge on any atom is 0.271 e. The molecule has 1 aromatic heterocycles. The quantitative estimate of drug-likeness (QED) is 0.890. The average molecular weight is 284 g/mol. The Morgan fingerprint density at radius 2 is 1.86 bits per heavy atom. The topological polar surface area (TPSA) is 84.0 Å². The zero-order valence-electron chi connectivity index (χ0n) is 11.9. The standard InChI is InChI=1S/C15H16N4O2/c1-10-4-3-5-11(2)14(10)19-13(20)9-18-15(21)12-8-16-6-7-17-12/h3-8H,9H2,1-2H3,(H,18,21)(H,19,20). The number of amides is 2. The van der Waals surface area contributed by atoms with Crippen molar-refractivity contribution in [2.24, 2.45) is 0 Å². The first kappa shape index (κ1) is 14.6. The molecule has 21 heavy (non-hydrogen) atoms. The number of benzene rings is 1. The van der Waals surface area contributed by atoms with Gasteiger partial charge in [-0.2, -0.15) is 0 Å². The van der Waals surface area contributed by atoms with E-state index in [2.05, 4.69) is 20.6 Å². The number of nitrogens with zero attached hydrogens (tertiary/aromatic N) is 2. The summed E-state index contributed by atoms with van der Waals surface area (Å²) in [4.78, 5) is 31.3. The third kappa shape index (κ3) is 3.85. The Kier molecular flexibility index (Phi) is 4.61. The minimum absolute atomic E-state index is 0.122. The second kappa shape index (κ2) is 6.60. The molecule has 0 aliphatic carbocycles. The summed E-state index contributed by atoms with van der Waals surface area (Å²) < 4.78 is 0. The lowest BCUT2D eigenvalue weighted by molar-refractivity contribution is -0.115. The molecule has 0 aliphatic rings. The van der Waals surface area contributed by atoms with Crippen LogP contribution in [0.4, 0.5) is 5.69 Å². The van der Waals surface area contributed by atoms with Crippen LogP contribution in [0.3, 0.4) is 0 Å². The van der Waals surface area contributed by atoms with Gasteiger partial charge >= 0.3 is 0 Å². The molecule has 0 spiro atoms. The first-order chi connectivity index (χ1) is 10.1. The molecule has 0 radical (unpaired) electrons. The van der Waals surface area contributed by atoms with E-state index in [0.717, 1.165) is 16.8 Å². The Morgan fingerprint density at radius 1 is 1.14 bits per heavy atom. The molecule has 1 heterocycles. The van der Waals surface area contributed by atoms with Crippen LogP contribution in [0.2, 0.25) is 0 Å². The predicted octanol–water partition coefficient (Wildman–Crippen LogP) is 1.46. The molecule has 0 bridgehead atoms. The molecule has 0 fully saturated rings. The molecule has 0 saturated carbocycles. The average Bonchev–Trinajstić information content (AvgIpc) is 2.49. The van der Waals surface area contributed by atoms with Gasteiger partial charge in [0.15, 0.2) is 0 Å². The van der Waals surface area contributed by atoms with Crippen molar-refractivity contribution in [2.75, 3.05) is 11.9 Å². The Hall–Kier alpha value is -2.76. The summed E-state index contributed by atoms with van der Waals surface area (Å²) in [6.45, 7) is 3.71. The van der Waals surface area contributed by atoms with Crippen LogP contribution in [-0.4, -0.2) is 28.3 Å². The lowest BCUT2D eigenvalue weighted by atomic mass is 10.1. The van der Waals surface area contributed by atoms with Crippen molar-refractivity contribution in [1.82, 2.24) is 15.3 Å². The van der Waals surface area contributed by atoms with Gasteiger partial charge in [0.1, 0.15) is 5.69 Å². The number of anilines is 1. The lowest BCUT2D eigenvalue weighted by Gasteiger charge is -2.11. The molecular formula is C15H16N4O2. The fraction of sp³-hybridized carbons (Fsp3) is 0.200. The van der Waals surface area contributed by atoms with Crippen molar-refractivity contribution < 1.29 is 9.59 Å². The van der Waals surface area contributed by atoms with Crippen molar-refractivity contribution in [3.63, 3.8) is 0 Å². The van der Waals surface area contributed by atoms with Crippen molar-refractivity contribution >= 4 is 17.5 Å². The summed E-state index contributed by atoms with van der Waals surface area (Å²) in [6, 6.07) is 5.76. The van der Waals surface area contributed by atoms with Gasteiger partial charge in [0.2, 0.25) is 5.91 Å². The van der Waals surface area contributed by atoms with Gasteiger partial charge in [-0.15, -0.1) is 0 Å². The molecule has 108 valence electrons. The maximum absolute atomic E-state index is 11.9. The van der Waals surface area contributed by atoms with E-state index in [0.29, 0.717) is 0 Å². The van der Waals surface area contributed by atoms with E-state index in [1.807, 2.05) is 32.0 Å². The highest BCUT2D eigenvalue weighted by atomic mass is 16.2. The molecule has 2 rings (SSSR count). The molecule has 1 aromatic carbocycles. The molecule has 2 N–H and O–H groups in total. The van der Waals surface area contributed by atoms with Crippen LogP contribution < -0.4 is 10.6 Å². The van der Waals surface area contributed by atoms with Crippen LogP contribution in [-0.2, 0) is 4.79 Å². The van der Waals surface area contributed by atoms with Gasteiger partial charge < -0.3 is 10.6 Å². The Labute approximate surface area is 122 Å². The highest BCUT2D eigenvalue weighted by Gasteiger charge is 2.11. The fourth-order valence-electron chi connectivity index (χ4n) is 1.86. The first-order valence-electron chi connectivity index (χ1n) is 6.48. The SMILES string of the molecule is Cc1cccc(C)c1NC(=O)CNC(=O)c1cnccn1. The highest BCUT2D eigenvalue weighted by Crippen LogP contribution is 2.18. The largest absolute Gasteiger partial charge is 0.342 e. The van der Waals surface area contributed by atoms with Crippen LogP contribution in [0.5, 0.6) is 0 Å². The summed E-state index contributed by atoms with van der Waals surface area (Å²) in [5.74, 6) is -0.718. The van der Waals surface area contributed by atoms with E-state index in [4.69, 9.17) is 0 Å². The van der Waals surface area contributed by atoms with Gasteiger partial charge in [0, 0.05) is 18.1 Å². The summed E-state index contributed by atoms with van der Waals surface area (Å²) in [6.07, 6.45) is 4.24. The van der Waals surface area contributed by atoms with Crippen molar-refractivity contribution in [1.29, 1.82) is 0 Å². The minimum atomic E-state index is -0.431. The smallest absolute Gasteiger partial charge is 0.271 e. The van der Waals surface area contributed by atoms with Gasteiger partial charge in [-0.05, 0) is 25.0 Å². The van der Waals surface area contributed by atoms with Gasteiger partial charge in [-0.1, -0.05) is 18.2 Å². The molecule has 2 aromatic rings. The van der Waals surface area contributed by atoms with Crippen LogP contribution in [0.1, 0.15) is 21.6 Å². The van der Waals surface area contributed by atoms with Crippen LogP contribution in [0, 0.1) is 13.8 Å². The maximum atomic E-state index is 11.9. The normalized spacial score (nSPS) is 10.0. The number of carbonyl (C=O) groups excluding carboxylic acids is 2. The Balaban J connectivity index is 1.92. The van der Waals surface area contributed by atoms with E-state index in [1.54, 1.807) is 0 Å². The first-order valence-corrected chi connectivity index (χ1v) is 6.48. The molecular weight excluding hydrogens is 268 g/mol. The molecule has 6 heteroatoms. The van der Waals surface area contributed by atoms with Crippen LogP contribution >= 0.6 is 0 Å². The summed E-state index contributed by atoms with van der Waals surface area (Å²) in [5, 5.41) is 5.30. The molecule has 0 saturated heterocycles. The lowest BCUT2D eigenvalue weighted by Crippen LogP contribution is -2.33. The molecule has 2 amide bonds.